The minimum Gasteiger partial charge on any atom is -0.372 e. The van der Waals surface area contributed by atoms with Gasteiger partial charge in [-0.3, -0.25) is 4.79 Å². The van der Waals surface area contributed by atoms with E-state index in [9.17, 15) is 4.79 Å². The zero-order chi connectivity index (χ0) is 19.2. The average molecular weight is 383 g/mol. The van der Waals surface area contributed by atoms with Gasteiger partial charge in [0.2, 0.25) is 0 Å². The molecule has 4 heteroatoms. The summed E-state index contributed by atoms with van der Waals surface area (Å²) < 4.78 is 0. The van der Waals surface area contributed by atoms with Crippen molar-refractivity contribution in [3.05, 3.63) is 59.7 Å². The predicted octanol–water partition coefficient (Wildman–Crippen LogP) is 5.53. The second-order valence-corrected chi connectivity index (χ2v) is 8.69. The summed E-state index contributed by atoms with van der Waals surface area (Å²) in [5.41, 5.74) is 3.18. The van der Waals surface area contributed by atoms with Crippen molar-refractivity contribution in [1.82, 2.24) is 5.32 Å². The molecule has 1 N–H and O–H groups in total. The van der Waals surface area contributed by atoms with Gasteiger partial charge in [0, 0.05) is 23.7 Å². The molecule has 1 amide bonds. The lowest BCUT2D eigenvalue weighted by molar-refractivity contribution is 0.0937. The summed E-state index contributed by atoms with van der Waals surface area (Å²) in [4.78, 5) is 16.2. The van der Waals surface area contributed by atoms with Crippen LogP contribution in [-0.2, 0) is 0 Å². The summed E-state index contributed by atoms with van der Waals surface area (Å²) in [6.45, 7) is 8.76. The van der Waals surface area contributed by atoms with Gasteiger partial charge < -0.3 is 10.2 Å². The van der Waals surface area contributed by atoms with Crippen molar-refractivity contribution < 1.29 is 4.79 Å². The number of piperidine rings is 1. The Morgan fingerprint density at radius 3 is 2.48 bits per heavy atom. The lowest BCUT2D eigenvalue weighted by atomic mass is 9.98. The van der Waals surface area contributed by atoms with Crippen molar-refractivity contribution in [3.63, 3.8) is 0 Å². The lowest BCUT2D eigenvalue weighted by Crippen LogP contribution is -2.32. The number of benzene rings is 2. The van der Waals surface area contributed by atoms with Crippen LogP contribution < -0.4 is 10.2 Å². The van der Waals surface area contributed by atoms with E-state index in [1.807, 2.05) is 31.2 Å². The molecule has 1 fully saturated rings. The molecule has 0 bridgehead atoms. The minimum atomic E-state index is -0.0207. The van der Waals surface area contributed by atoms with Crippen LogP contribution >= 0.6 is 11.8 Å². The number of nitrogens with one attached hydrogen (secondary N) is 1. The first kappa shape index (κ1) is 19.8. The number of rotatable bonds is 6. The molecule has 27 heavy (non-hydrogen) atoms. The smallest absolute Gasteiger partial charge is 0.252 e. The molecule has 0 spiro atoms. The lowest BCUT2D eigenvalue weighted by Gasteiger charge is -2.32. The van der Waals surface area contributed by atoms with Crippen LogP contribution in [0.5, 0.6) is 0 Å². The third-order valence-corrected chi connectivity index (χ3v) is 6.28. The highest BCUT2D eigenvalue weighted by molar-refractivity contribution is 7.99. The van der Waals surface area contributed by atoms with Crippen molar-refractivity contribution in [3.8, 4) is 0 Å². The summed E-state index contributed by atoms with van der Waals surface area (Å²) in [6.07, 6.45) is 2.53. The van der Waals surface area contributed by atoms with E-state index in [1.165, 1.54) is 18.5 Å². The molecule has 3 nitrogen and oxygen atoms in total. The van der Waals surface area contributed by atoms with Crippen molar-refractivity contribution >= 4 is 23.4 Å². The molecule has 1 aliphatic rings. The molecule has 2 aromatic carbocycles. The highest BCUT2D eigenvalue weighted by Crippen LogP contribution is 2.26. The zero-order valence-electron chi connectivity index (χ0n) is 16.6. The maximum Gasteiger partial charge on any atom is 0.252 e. The molecule has 1 saturated heterocycles. The van der Waals surface area contributed by atoms with Gasteiger partial charge >= 0.3 is 0 Å². The van der Waals surface area contributed by atoms with Gasteiger partial charge in [0.1, 0.15) is 0 Å². The van der Waals surface area contributed by atoms with Crippen LogP contribution in [0.4, 0.5) is 5.69 Å². The van der Waals surface area contributed by atoms with Gasteiger partial charge in [0.05, 0.1) is 11.6 Å². The van der Waals surface area contributed by atoms with Crippen LogP contribution in [0.1, 0.15) is 55.6 Å². The van der Waals surface area contributed by atoms with Gasteiger partial charge in [0.25, 0.3) is 5.91 Å². The van der Waals surface area contributed by atoms with Crippen molar-refractivity contribution in [1.29, 1.82) is 0 Å². The Kier molecular flexibility index (Phi) is 6.84. The Balaban J connectivity index is 1.64. The number of anilines is 1. The Bertz CT molecular complexity index is 751. The first-order chi connectivity index (χ1) is 13.1. The molecule has 0 aliphatic carbocycles. The van der Waals surface area contributed by atoms with E-state index in [0.29, 0.717) is 0 Å². The fourth-order valence-corrected chi connectivity index (χ4v) is 4.34. The Labute approximate surface area is 167 Å². The second kappa shape index (κ2) is 9.32. The summed E-state index contributed by atoms with van der Waals surface area (Å²) in [6, 6.07) is 16.5. The average Bonchev–Trinajstić information content (AvgIpc) is 2.69. The summed E-state index contributed by atoms with van der Waals surface area (Å²) in [5.74, 6) is 1.79. The molecule has 1 unspecified atom stereocenters. The highest BCUT2D eigenvalue weighted by Gasteiger charge is 2.17. The molecule has 0 radical (unpaired) electrons. The number of thioether (sulfide) groups is 1. The van der Waals surface area contributed by atoms with E-state index in [-0.39, 0.29) is 11.9 Å². The SMILES string of the molecule is CCSc1ccccc1C(=O)NC(C)c1ccc(N2CCC(C)CC2)cc1. The van der Waals surface area contributed by atoms with Gasteiger partial charge in [-0.15, -0.1) is 11.8 Å². The molecule has 0 saturated carbocycles. The zero-order valence-corrected chi connectivity index (χ0v) is 17.4. The van der Waals surface area contributed by atoms with Crippen LogP contribution in [0.3, 0.4) is 0 Å². The predicted molar refractivity (Wildman–Crippen MR) is 116 cm³/mol. The van der Waals surface area contributed by atoms with Crippen molar-refractivity contribution in [2.45, 2.75) is 44.6 Å². The highest BCUT2D eigenvalue weighted by atomic mass is 32.2. The van der Waals surface area contributed by atoms with Crippen LogP contribution in [-0.4, -0.2) is 24.7 Å². The first-order valence-corrected chi connectivity index (χ1v) is 10.9. The van der Waals surface area contributed by atoms with Crippen LogP contribution in [0, 0.1) is 5.92 Å². The van der Waals surface area contributed by atoms with E-state index in [1.54, 1.807) is 11.8 Å². The first-order valence-electron chi connectivity index (χ1n) is 9.96. The van der Waals surface area contributed by atoms with Crippen molar-refractivity contribution in [2.75, 3.05) is 23.7 Å². The van der Waals surface area contributed by atoms with Gasteiger partial charge in [0.15, 0.2) is 0 Å². The molecular formula is C23H30N2OS. The van der Waals surface area contributed by atoms with Crippen LogP contribution in [0.25, 0.3) is 0 Å². The summed E-state index contributed by atoms with van der Waals surface area (Å²) in [7, 11) is 0. The van der Waals surface area contributed by atoms with Gasteiger partial charge in [-0.25, -0.2) is 0 Å². The summed E-state index contributed by atoms with van der Waals surface area (Å²) >= 11 is 1.70. The number of hydrogen-bond donors (Lipinski definition) is 1. The molecule has 144 valence electrons. The number of hydrogen-bond acceptors (Lipinski definition) is 3. The second-order valence-electron chi connectivity index (χ2n) is 7.39. The number of nitrogens with zero attached hydrogens (tertiary/aromatic N) is 1. The molecule has 1 heterocycles. The third-order valence-electron chi connectivity index (χ3n) is 5.32. The minimum absolute atomic E-state index is 0.00635. The van der Waals surface area contributed by atoms with E-state index in [2.05, 4.69) is 48.3 Å². The number of carbonyl (C=O) groups excluding carboxylic acids is 1. The molecule has 1 aliphatic heterocycles. The third kappa shape index (κ3) is 5.07. The van der Waals surface area contributed by atoms with Crippen molar-refractivity contribution in [2.24, 2.45) is 5.92 Å². The van der Waals surface area contributed by atoms with Gasteiger partial charge in [-0.05, 0) is 61.3 Å². The fraction of sp³-hybridized carbons (Fsp3) is 0.435. The Morgan fingerprint density at radius 1 is 1.15 bits per heavy atom. The van der Waals surface area contributed by atoms with E-state index in [4.69, 9.17) is 0 Å². The standard InChI is InChI=1S/C23H30N2OS/c1-4-27-22-8-6-5-7-21(22)23(26)24-18(3)19-9-11-20(12-10-19)25-15-13-17(2)14-16-25/h5-12,17-18H,4,13-16H2,1-3H3,(H,24,26). The van der Waals surface area contributed by atoms with Crippen LogP contribution in [0.2, 0.25) is 0 Å². The monoisotopic (exact) mass is 382 g/mol. The normalized spacial score (nSPS) is 16.2. The molecule has 2 aromatic rings. The maximum absolute atomic E-state index is 12.7. The van der Waals surface area contributed by atoms with E-state index >= 15 is 0 Å². The van der Waals surface area contributed by atoms with Gasteiger partial charge in [-0.1, -0.05) is 38.1 Å². The molecule has 1 atom stereocenters. The van der Waals surface area contributed by atoms with E-state index < -0.39 is 0 Å². The quantitative estimate of drug-likeness (QED) is 0.667. The molecular weight excluding hydrogens is 352 g/mol. The largest absolute Gasteiger partial charge is 0.372 e. The Hall–Kier alpha value is -1.94. The summed E-state index contributed by atoms with van der Waals surface area (Å²) in [5, 5.41) is 3.15. The fourth-order valence-electron chi connectivity index (χ4n) is 3.53. The topological polar surface area (TPSA) is 32.3 Å². The van der Waals surface area contributed by atoms with E-state index in [0.717, 1.165) is 40.8 Å². The molecule has 0 aromatic heterocycles. The maximum atomic E-state index is 12.7. The number of amides is 1. The number of carbonyl (C=O) groups is 1. The molecule has 3 rings (SSSR count). The van der Waals surface area contributed by atoms with Crippen LogP contribution in [0.15, 0.2) is 53.4 Å². The van der Waals surface area contributed by atoms with Gasteiger partial charge in [-0.2, -0.15) is 0 Å². The Morgan fingerprint density at radius 2 is 1.81 bits per heavy atom.